The maximum absolute atomic E-state index is 10.1. The Balaban J connectivity index is 1.47. The zero-order valence-electron chi connectivity index (χ0n) is 20.9. The van der Waals surface area contributed by atoms with Gasteiger partial charge in [0.05, 0.1) is 33.5 Å². The van der Waals surface area contributed by atoms with Crippen LogP contribution in [0.15, 0.2) is 18.2 Å². The van der Waals surface area contributed by atoms with Crippen molar-refractivity contribution in [2.45, 2.75) is 33.7 Å². The summed E-state index contributed by atoms with van der Waals surface area (Å²) in [5.41, 5.74) is 3.81. The lowest BCUT2D eigenvalue weighted by molar-refractivity contribution is 0.119. The third-order valence-corrected chi connectivity index (χ3v) is 6.55. The molecule has 1 aliphatic heterocycles. The van der Waals surface area contributed by atoms with Crippen molar-refractivity contribution >= 4 is 0 Å². The topological polar surface area (TPSA) is 63.6 Å². The van der Waals surface area contributed by atoms with Gasteiger partial charge in [-0.25, -0.2) is 0 Å². The first kappa shape index (κ1) is 25.0. The van der Waals surface area contributed by atoms with Crippen molar-refractivity contribution in [2.75, 3.05) is 60.7 Å². The molecule has 0 bridgehead atoms. The first-order valence-corrected chi connectivity index (χ1v) is 11.5. The number of phenolic OH excluding ortho intramolecular Hbond substituents is 1. The van der Waals surface area contributed by atoms with Gasteiger partial charge in [-0.3, -0.25) is 4.90 Å². The van der Waals surface area contributed by atoms with Crippen molar-refractivity contribution < 1.29 is 24.1 Å². The Morgan fingerprint density at radius 2 is 1.39 bits per heavy atom. The second-order valence-corrected chi connectivity index (χ2v) is 8.62. The number of ether oxygens (including phenoxy) is 4. The Bertz CT molecular complexity index is 914. The van der Waals surface area contributed by atoms with E-state index in [0.29, 0.717) is 12.4 Å². The minimum absolute atomic E-state index is 0.364. The number of aromatic hydroxyl groups is 1. The first-order valence-electron chi connectivity index (χ1n) is 11.5. The van der Waals surface area contributed by atoms with Gasteiger partial charge < -0.3 is 29.0 Å². The molecule has 0 atom stereocenters. The van der Waals surface area contributed by atoms with Crippen LogP contribution in [0.4, 0.5) is 0 Å². The molecule has 0 saturated carbocycles. The first-order chi connectivity index (χ1) is 15.9. The van der Waals surface area contributed by atoms with E-state index in [1.165, 1.54) is 0 Å². The summed E-state index contributed by atoms with van der Waals surface area (Å²) in [4.78, 5) is 4.92. The molecule has 0 spiro atoms. The fourth-order valence-electron chi connectivity index (χ4n) is 4.28. The lowest BCUT2D eigenvalue weighted by Crippen LogP contribution is -2.46. The maximum Gasteiger partial charge on any atom is 0.130 e. The molecule has 7 heteroatoms. The van der Waals surface area contributed by atoms with Crippen molar-refractivity contribution in [3.63, 3.8) is 0 Å². The predicted molar refractivity (Wildman–Crippen MR) is 130 cm³/mol. The standard InChI is InChI=1S/C26H38N2O5/c1-18-14-23(19(2)20(3)26(18)29)33-13-7-8-27-9-11-28(12-10-27)17-22-24(31-5)15-21(30-4)16-25(22)32-6/h14-16,29H,7-13,17H2,1-6H3. The highest BCUT2D eigenvalue weighted by molar-refractivity contribution is 5.51. The quantitative estimate of drug-likeness (QED) is 0.541. The molecule has 2 aromatic rings. The average molecular weight is 459 g/mol. The normalized spacial score (nSPS) is 14.8. The molecule has 1 N–H and O–H groups in total. The monoisotopic (exact) mass is 458 g/mol. The van der Waals surface area contributed by atoms with Crippen molar-refractivity contribution in [2.24, 2.45) is 0 Å². The molecule has 182 valence electrons. The van der Waals surface area contributed by atoms with Crippen LogP contribution in [-0.2, 0) is 6.54 Å². The van der Waals surface area contributed by atoms with Gasteiger partial charge in [-0.2, -0.15) is 0 Å². The van der Waals surface area contributed by atoms with Crippen molar-refractivity contribution in [1.82, 2.24) is 9.80 Å². The second-order valence-electron chi connectivity index (χ2n) is 8.62. The van der Waals surface area contributed by atoms with E-state index < -0.39 is 0 Å². The number of piperazine rings is 1. The third-order valence-electron chi connectivity index (χ3n) is 6.55. The van der Waals surface area contributed by atoms with E-state index in [-0.39, 0.29) is 0 Å². The van der Waals surface area contributed by atoms with Crippen LogP contribution < -0.4 is 18.9 Å². The highest BCUT2D eigenvalue weighted by Crippen LogP contribution is 2.35. The van der Waals surface area contributed by atoms with E-state index >= 15 is 0 Å². The van der Waals surface area contributed by atoms with Gasteiger partial charge in [-0.05, 0) is 49.9 Å². The fraction of sp³-hybridized carbons (Fsp3) is 0.538. The Morgan fingerprint density at radius 3 is 1.97 bits per heavy atom. The number of aryl methyl sites for hydroxylation is 1. The van der Waals surface area contributed by atoms with E-state index in [9.17, 15) is 5.11 Å². The third kappa shape index (κ3) is 6.03. The average Bonchev–Trinajstić information content (AvgIpc) is 2.84. The summed E-state index contributed by atoms with van der Waals surface area (Å²) in [5, 5.41) is 10.1. The molecule has 1 saturated heterocycles. The van der Waals surface area contributed by atoms with Gasteiger partial charge in [0, 0.05) is 51.4 Å². The molecule has 0 amide bonds. The van der Waals surface area contributed by atoms with Gasteiger partial charge in [0.1, 0.15) is 28.7 Å². The summed E-state index contributed by atoms with van der Waals surface area (Å²) >= 11 is 0. The molecule has 1 fully saturated rings. The number of rotatable bonds is 10. The summed E-state index contributed by atoms with van der Waals surface area (Å²) in [5.74, 6) is 3.55. The summed E-state index contributed by atoms with van der Waals surface area (Å²) in [6.07, 6.45) is 0.971. The lowest BCUT2D eigenvalue weighted by Gasteiger charge is -2.35. The van der Waals surface area contributed by atoms with Crippen molar-refractivity contribution in [1.29, 1.82) is 0 Å². The summed E-state index contributed by atoms with van der Waals surface area (Å²) in [7, 11) is 5.01. The van der Waals surface area contributed by atoms with Gasteiger partial charge in [-0.15, -0.1) is 0 Å². The molecule has 1 heterocycles. The zero-order chi connectivity index (χ0) is 24.0. The Labute approximate surface area is 197 Å². The Hall–Kier alpha value is -2.64. The Kier molecular flexibility index (Phi) is 8.69. The van der Waals surface area contributed by atoms with E-state index in [4.69, 9.17) is 18.9 Å². The predicted octanol–water partition coefficient (Wildman–Crippen LogP) is 3.93. The fourth-order valence-corrected chi connectivity index (χ4v) is 4.28. The number of hydrogen-bond donors (Lipinski definition) is 1. The maximum atomic E-state index is 10.1. The van der Waals surface area contributed by atoms with Crippen LogP contribution in [0.1, 0.15) is 28.7 Å². The SMILES string of the molecule is COc1cc(OC)c(CN2CCN(CCCOc3cc(C)c(O)c(C)c3C)CC2)c(OC)c1. The van der Waals surface area contributed by atoms with Gasteiger partial charge in [0.25, 0.3) is 0 Å². The van der Waals surface area contributed by atoms with Crippen molar-refractivity contribution in [3.05, 3.63) is 40.5 Å². The zero-order valence-corrected chi connectivity index (χ0v) is 20.9. The molecular weight excluding hydrogens is 420 g/mol. The molecule has 3 rings (SSSR count). The van der Waals surface area contributed by atoms with Gasteiger partial charge >= 0.3 is 0 Å². The number of benzene rings is 2. The van der Waals surface area contributed by atoms with Crippen LogP contribution in [-0.4, -0.2) is 75.6 Å². The van der Waals surface area contributed by atoms with Crippen LogP contribution in [0.5, 0.6) is 28.7 Å². The molecule has 0 aliphatic carbocycles. The highest BCUT2D eigenvalue weighted by Gasteiger charge is 2.21. The smallest absolute Gasteiger partial charge is 0.130 e. The molecule has 0 aromatic heterocycles. The molecule has 33 heavy (non-hydrogen) atoms. The minimum atomic E-state index is 0.364. The van der Waals surface area contributed by atoms with Crippen LogP contribution in [0, 0.1) is 20.8 Å². The summed E-state index contributed by atoms with van der Waals surface area (Å²) < 4.78 is 22.6. The number of methoxy groups -OCH3 is 3. The number of phenols is 1. The molecule has 0 unspecified atom stereocenters. The van der Waals surface area contributed by atoms with Gasteiger partial charge in [-0.1, -0.05) is 0 Å². The lowest BCUT2D eigenvalue weighted by atomic mass is 10.0. The molecule has 7 nitrogen and oxygen atoms in total. The molecule has 0 radical (unpaired) electrons. The van der Waals surface area contributed by atoms with Crippen molar-refractivity contribution in [3.8, 4) is 28.7 Å². The Morgan fingerprint density at radius 1 is 0.788 bits per heavy atom. The molecule has 1 aliphatic rings. The largest absolute Gasteiger partial charge is 0.507 e. The van der Waals surface area contributed by atoms with Crippen LogP contribution >= 0.6 is 0 Å². The summed E-state index contributed by atoms with van der Waals surface area (Å²) in [6.45, 7) is 12.3. The van der Waals surface area contributed by atoms with Gasteiger partial charge in [0.2, 0.25) is 0 Å². The highest BCUT2D eigenvalue weighted by atomic mass is 16.5. The second kappa shape index (κ2) is 11.5. The van der Waals surface area contributed by atoms with Crippen LogP contribution in [0.2, 0.25) is 0 Å². The number of hydrogen-bond acceptors (Lipinski definition) is 7. The summed E-state index contributed by atoms with van der Waals surface area (Å²) in [6, 6.07) is 5.75. The van der Waals surface area contributed by atoms with E-state index in [1.807, 2.05) is 39.0 Å². The van der Waals surface area contributed by atoms with E-state index in [0.717, 1.165) is 90.9 Å². The minimum Gasteiger partial charge on any atom is -0.507 e. The van der Waals surface area contributed by atoms with Gasteiger partial charge in [0.15, 0.2) is 0 Å². The van der Waals surface area contributed by atoms with Crippen LogP contribution in [0.25, 0.3) is 0 Å². The van der Waals surface area contributed by atoms with E-state index in [2.05, 4.69) is 9.80 Å². The molecular formula is C26H38N2O5. The molecule has 2 aromatic carbocycles. The van der Waals surface area contributed by atoms with E-state index in [1.54, 1.807) is 21.3 Å². The number of nitrogens with zero attached hydrogens (tertiary/aromatic N) is 2. The van der Waals surface area contributed by atoms with Crippen LogP contribution in [0.3, 0.4) is 0 Å².